The Morgan fingerprint density at radius 2 is 1.79 bits per heavy atom. The van der Waals surface area contributed by atoms with Gasteiger partial charge >= 0.3 is 0 Å². The maximum Gasteiger partial charge on any atom is 0.264 e. The van der Waals surface area contributed by atoms with Gasteiger partial charge in [0.25, 0.3) is 10.0 Å². The number of hydrogen-bond donors (Lipinski definition) is 0. The van der Waals surface area contributed by atoms with E-state index < -0.39 is 42.1 Å². The molecule has 43 heavy (non-hydrogen) atoms. The van der Waals surface area contributed by atoms with E-state index >= 15 is 0 Å². The summed E-state index contributed by atoms with van der Waals surface area (Å²) in [5.41, 5.74) is 1.73. The Morgan fingerprint density at radius 3 is 2.42 bits per heavy atom. The van der Waals surface area contributed by atoms with E-state index in [2.05, 4.69) is 33.9 Å². The lowest BCUT2D eigenvalue weighted by atomic mass is 10.0. The zero-order valence-electron chi connectivity index (χ0n) is 25.7. The van der Waals surface area contributed by atoms with Crippen LogP contribution in [0.5, 0.6) is 11.5 Å². The number of hydrogen-bond acceptors (Lipinski definition) is 5. The molecule has 0 radical (unpaired) electrons. The molecule has 0 amide bonds. The normalized spacial score (nSPS) is 17.8. The van der Waals surface area contributed by atoms with Gasteiger partial charge in [-0.25, -0.2) is 17.2 Å². The fraction of sp³-hybridized carbons (Fsp3) is 0.375. The monoisotopic (exact) mass is 649 g/mol. The van der Waals surface area contributed by atoms with Crippen LogP contribution in [0.25, 0.3) is 11.6 Å². The highest BCUT2D eigenvalue weighted by atomic mass is 35.5. The zero-order valence-corrected chi connectivity index (χ0v) is 28.2. The molecule has 11 heteroatoms. The second kappa shape index (κ2) is 12.2. The first-order valence-electron chi connectivity index (χ1n) is 13.9. The van der Waals surface area contributed by atoms with Crippen LogP contribution in [0.2, 0.25) is 23.2 Å². The minimum atomic E-state index is -4.24. The van der Waals surface area contributed by atoms with Gasteiger partial charge < -0.3 is 13.9 Å². The molecule has 0 spiro atoms. The summed E-state index contributed by atoms with van der Waals surface area (Å²) in [7, 11) is -5.15. The molecule has 3 aromatic rings. The number of allylic oxidation sites excluding steroid dienone is 1. The Morgan fingerprint density at radius 1 is 1.09 bits per heavy atom. The Bertz CT molecular complexity index is 1640. The SMILES string of the molecule is COc1cc(S(=O)(=O)N2c3cc(/C=C(\C)c4c(F)cccc4Cl)ccc3O[C@@H](CO[Si](C)(C)C(C)(C)C)[C@H]2C)ccc1F. The quantitative estimate of drug-likeness (QED) is 0.181. The van der Waals surface area contributed by atoms with Gasteiger partial charge in [-0.1, -0.05) is 50.6 Å². The average molecular weight is 650 g/mol. The number of fused-ring (bicyclic) bond motifs is 1. The number of anilines is 1. The lowest BCUT2D eigenvalue weighted by molar-refractivity contribution is 0.0969. The third-order valence-electron chi connectivity index (χ3n) is 8.24. The summed E-state index contributed by atoms with van der Waals surface area (Å²) in [5.74, 6) is -0.977. The molecule has 0 fully saturated rings. The smallest absolute Gasteiger partial charge is 0.264 e. The second-order valence-electron chi connectivity index (χ2n) is 12.2. The van der Waals surface area contributed by atoms with Gasteiger partial charge in [0.15, 0.2) is 19.9 Å². The zero-order chi connectivity index (χ0) is 31.9. The van der Waals surface area contributed by atoms with Crippen LogP contribution >= 0.6 is 11.6 Å². The van der Waals surface area contributed by atoms with Crippen LogP contribution in [0.15, 0.2) is 59.5 Å². The maximum atomic E-state index is 14.6. The Balaban J connectivity index is 1.82. The maximum absolute atomic E-state index is 14.6. The Hall–Kier alpha value is -2.92. The number of ether oxygens (including phenoxy) is 2. The standard InChI is InChI=1S/C32H38ClF2NO5SSi/c1-20(31-24(33)10-9-11-26(31)35)16-22-12-15-28-27(17-22)36(42(37,38)23-13-14-25(34)29(18-23)39-6)21(2)30(41-28)19-40-43(7,8)32(3,4)5/h9-18,21,30H,19H2,1-8H3/b20-16+/t21-,30+/m1/s1. The van der Waals surface area contributed by atoms with Gasteiger partial charge in [0.2, 0.25) is 0 Å². The summed E-state index contributed by atoms with van der Waals surface area (Å²) in [5, 5.41) is 0.210. The first-order chi connectivity index (χ1) is 20.0. The van der Waals surface area contributed by atoms with Gasteiger partial charge in [0, 0.05) is 11.6 Å². The van der Waals surface area contributed by atoms with Crippen LogP contribution in [0, 0.1) is 11.6 Å². The highest BCUT2D eigenvalue weighted by Crippen LogP contribution is 2.43. The minimum absolute atomic E-state index is 0.0561. The van der Waals surface area contributed by atoms with Crippen molar-refractivity contribution in [3.8, 4) is 11.5 Å². The highest BCUT2D eigenvalue weighted by Gasteiger charge is 2.43. The van der Waals surface area contributed by atoms with Gasteiger partial charge in [-0.15, -0.1) is 0 Å². The third-order valence-corrected chi connectivity index (χ3v) is 15.0. The Labute approximate surface area is 259 Å². The van der Waals surface area contributed by atoms with Crippen molar-refractivity contribution in [1.82, 2.24) is 0 Å². The van der Waals surface area contributed by atoms with Crippen LogP contribution < -0.4 is 13.8 Å². The van der Waals surface area contributed by atoms with Gasteiger partial charge in [-0.2, -0.15) is 0 Å². The van der Waals surface area contributed by atoms with Crippen molar-refractivity contribution in [2.45, 2.75) is 69.8 Å². The number of rotatable bonds is 8. The van der Waals surface area contributed by atoms with Gasteiger partial charge in [0.1, 0.15) is 17.7 Å². The van der Waals surface area contributed by atoms with Gasteiger partial charge in [-0.05, 0) is 79.5 Å². The molecule has 4 rings (SSSR count). The lowest BCUT2D eigenvalue weighted by Crippen LogP contribution is -2.54. The van der Waals surface area contributed by atoms with E-state index in [1.807, 2.05) is 0 Å². The average Bonchev–Trinajstić information content (AvgIpc) is 2.91. The lowest BCUT2D eigenvalue weighted by Gasteiger charge is -2.43. The molecule has 0 bridgehead atoms. The molecule has 0 unspecified atom stereocenters. The molecule has 232 valence electrons. The van der Waals surface area contributed by atoms with E-state index in [4.69, 9.17) is 25.5 Å². The fourth-order valence-electron chi connectivity index (χ4n) is 4.67. The largest absolute Gasteiger partial charge is 0.494 e. The summed E-state index contributed by atoms with van der Waals surface area (Å²) < 4.78 is 76.6. The first-order valence-corrected chi connectivity index (χ1v) is 18.7. The van der Waals surface area contributed by atoms with Crippen LogP contribution in [0.4, 0.5) is 14.5 Å². The van der Waals surface area contributed by atoms with E-state index in [9.17, 15) is 17.2 Å². The number of halogens is 3. The molecular formula is C32H38ClF2NO5SSi. The third kappa shape index (κ3) is 6.62. The molecule has 0 saturated carbocycles. The summed E-state index contributed by atoms with van der Waals surface area (Å²) in [6, 6.07) is 12.4. The van der Waals surface area contributed by atoms with Crippen molar-refractivity contribution < 1.29 is 31.1 Å². The van der Waals surface area contributed by atoms with Crippen molar-refractivity contribution in [1.29, 1.82) is 0 Å². The van der Waals surface area contributed by atoms with Crippen molar-refractivity contribution in [2.24, 2.45) is 0 Å². The summed E-state index contributed by atoms with van der Waals surface area (Å²) in [4.78, 5) is -0.134. The Kier molecular flexibility index (Phi) is 9.38. The topological polar surface area (TPSA) is 65.1 Å². The number of benzene rings is 3. The molecule has 6 nitrogen and oxygen atoms in total. The summed E-state index contributed by atoms with van der Waals surface area (Å²) in [6.45, 7) is 14.3. The van der Waals surface area contributed by atoms with Crippen molar-refractivity contribution in [2.75, 3.05) is 18.0 Å². The van der Waals surface area contributed by atoms with Crippen molar-refractivity contribution in [3.63, 3.8) is 0 Å². The van der Waals surface area contributed by atoms with Crippen molar-refractivity contribution >= 4 is 47.3 Å². The van der Waals surface area contributed by atoms with E-state index in [1.165, 1.54) is 35.7 Å². The van der Waals surface area contributed by atoms with Crippen LogP contribution in [-0.4, -0.2) is 42.6 Å². The molecule has 0 saturated heterocycles. The van der Waals surface area contributed by atoms with E-state index in [0.717, 1.165) is 6.07 Å². The van der Waals surface area contributed by atoms with E-state index in [0.29, 0.717) is 22.6 Å². The molecule has 0 N–H and O–H groups in total. The molecule has 1 heterocycles. The number of sulfonamides is 1. The van der Waals surface area contributed by atoms with E-state index in [1.54, 1.807) is 44.2 Å². The van der Waals surface area contributed by atoms with Crippen LogP contribution in [0.3, 0.4) is 0 Å². The molecule has 3 aromatic carbocycles. The molecule has 2 atom stereocenters. The van der Waals surface area contributed by atoms with E-state index in [-0.39, 0.29) is 32.9 Å². The second-order valence-corrected chi connectivity index (χ2v) is 19.2. The predicted molar refractivity (Wildman–Crippen MR) is 171 cm³/mol. The molecule has 0 aliphatic carbocycles. The minimum Gasteiger partial charge on any atom is -0.494 e. The van der Waals surface area contributed by atoms with Crippen LogP contribution in [0.1, 0.15) is 45.7 Å². The van der Waals surface area contributed by atoms with Crippen molar-refractivity contribution in [3.05, 3.63) is 82.4 Å². The van der Waals surface area contributed by atoms with Gasteiger partial charge in [-0.3, -0.25) is 4.31 Å². The molecular weight excluding hydrogens is 612 g/mol. The fourth-order valence-corrected chi connectivity index (χ4v) is 7.69. The first kappa shape index (κ1) is 33.0. The van der Waals surface area contributed by atoms with Gasteiger partial charge in [0.05, 0.1) is 35.4 Å². The number of methoxy groups -OCH3 is 1. The molecule has 1 aliphatic heterocycles. The molecule has 1 aliphatic rings. The number of nitrogens with zero attached hydrogens (tertiary/aromatic N) is 1. The highest BCUT2D eigenvalue weighted by molar-refractivity contribution is 7.92. The van der Waals surface area contributed by atoms with Crippen LogP contribution in [-0.2, 0) is 14.4 Å². The summed E-state index contributed by atoms with van der Waals surface area (Å²) in [6.07, 6.45) is 1.10. The summed E-state index contributed by atoms with van der Waals surface area (Å²) >= 11 is 6.28. The molecule has 0 aromatic heterocycles. The predicted octanol–water partition coefficient (Wildman–Crippen LogP) is 8.55.